The number of hydrogen-bond acceptors (Lipinski definition) is 3. The minimum Gasteiger partial charge on any atom is -0.483 e. The molecule has 2 aromatic carbocycles. The Labute approximate surface area is 141 Å². The van der Waals surface area contributed by atoms with E-state index in [2.05, 4.69) is 10.5 Å². The molecule has 0 aliphatic heterocycles. The minimum atomic E-state index is -0.313. The largest absolute Gasteiger partial charge is 0.483 e. The van der Waals surface area contributed by atoms with Crippen molar-refractivity contribution in [3.8, 4) is 5.75 Å². The average Bonchev–Trinajstić information content (AvgIpc) is 2.52. The zero-order valence-corrected chi connectivity index (χ0v) is 14.1. The molecule has 0 radical (unpaired) electrons. The SMILES string of the molecule is C/C(=N\NC(=O)COc1ccc(Cl)cc1C)c1ccccc1C. The maximum absolute atomic E-state index is 11.8. The smallest absolute Gasteiger partial charge is 0.277 e. The highest BCUT2D eigenvalue weighted by atomic mass is 35.5. The van der Waals surface area contributed by atoms with Gasteiger partial charge in [0.1, 0.15) is 5.75 Å². The Morgan fingerprint density at radius 3 is 2.61 bits per heavy atom. The fourth-order valence-electron chi connectivity index (χ4n) is 2.14. The molecule has 0 saturated heterocycles. The molecule has 4 nitrogen and oxygen atoms in total. The molecule has 0 aliphatic carbocycles. The minimum absolute atomic E-state index is 0.104. The van der Waals surface area contributed by atoms with Gasteiger partial charge in [-0.2, -0.15) is 5.10 Å². The molecule has 1 N–H and O–H groups in total. The number of hydrogen-bond donors (Lipinski definition) is 1. The summed E-state index contributed by atoms with van der Waals surface area (Å²) in [6.07, 6.45) is 0. The van der Waals surface area contributed by atoms with Gasteiger partial charge in [0.25, 0.3) is 5.91 Å². The van der Waals surface area contributed by atoms with E-state index < -0.39 is 0 Å². The molecule has 0 aliphatic rings. The molecule has 0 aromatic heterocycles. The van der Waals surface area contributed by atoms with Crippen molar-refractivity contribution in [2.24, 2.45) is 5.10 Å². The van der Waals surface area contributed by atoms with Crippen molar-refractivity contribution in [2.75, 3.05) is 6.61 Å². The first kappa shape index (κ1) is 17.0. The Bertz CT molecular complexity index is 742. The van der Waals surface area contributed by atoms with Crippen LogP contribution in [0, 0.1) is 13.8 Å². The van der Waals surface area contributed by atoms with E-state index in [0.29, 0.717) is 10.8 Å². The number of ether oxygens (including phenoxy) is 1. The third kappa shape index (κ3) is 4.83. The van der Waals surface area contributed by atoms with Crippen molar-refractivity contribution in [2.45, 2.75) is 20.8 Å². The van der Waals surface area contributed by atoms with Crippen molar-refractivity contribution < 1.29 is 9.53 Å². The molecule has 0 atom stereocenters. The van der Waals surface area contributed by atoms with Crippen LogP contribution in [0.4, 0.5) is 0 Å². The number of nitrogens with one attached hydrogen (secondary N) is 1. The van der Waals surface area contributed by atoms with Gasteiger partial charge in [0.2, 0.25) is 0 Å². The summed E-state index contributed by atoms with van der Waals surface area (Å²) in [5.41, 5.74) is 6.25. The van der Waals surface area contributed by atoms with E-state index in [1.165, 1.54) is 0 Å². The normalized spacial score (nSPS) is 11.2. The van der Waals surface area contributed by atoms with Crippen molar-refractivity contribution in [1.29, 1.82) is 0 Å². The van der Waals surface area contributed by atoms with Crippen molar-refractivity contribution in [1.82, 2.24) is 5.43 Å². The van der Waals surface area contributed by atoms with Gasteiger partial charge < -0.3 is 4.74 Å². The molecule has 0 fully saturated rings. The summed E-state index contributed by atoms with van der Waals surface area (Å²) in [5, 5.41) is 4.76. The summed E-state index contributed by atoms with van der Waals surface area (Å²) in [4.78, 5) is 11.8. The third-order valence-corrected chi connectivity index (χ3v) is 3.61. The molecule has 0 bridgehead atoms. The number of carbonyl (C=O) groups excluding carboxylic acids is 1. The number of amides is 1. The van der Waals surface area contributed by atoms with Crippen LogP contribution in [0.15, 0.2) is 47.6 Å². The number of hydrazone groups is 1. The van der Waals surface area contributed by atoms with E-state index in [1.807, 2.05) is 45.0 Å². The zero-order chi connectivity index (χ0) is 16.8. The second-order valence-electron chi connectivity index (χ2n) is 5.25. The van der Waals surface area contributed by atoms with Gasteiger partial charge in [-0.3, -0.25) is 4.79 Å². The van der Waals surface area contributed by atoms with Gasteiger partial charge in [-0.1, -0.05) is 35.9 Å². The molecular weight excluding hydrogens is 312 g/mol. The lowest BCUT2D eigenvalue weighted by Crippen LogP contribution is -2.25. The summed E-state index contributed by atoms with van der Waals surface area (Å²) in [6.45, 7) is 5.63. The first-order valence-corrected chi connectivity index (χ1v) is 7.63. The van der Waals surface area contributed by atoms with Crippen LogP contribution in [0.5, 0.6) is 5.75 Å². The molecular formula is C18H19ClN2O2. The van der Waals surface area contributed by atoms with Gasteiger partial charge in [0.15, 0.2) is 6.61 Å². The highest BCUT2D eigenvalue weighted by molar-refractivity contribution is 6.30. The van der Waals surface area contributed by atoms with E-state index in [0.717, 1.165) is 22.4 Å². The monoisotopic (exact) mass is 330 g/mol. The number of benzene rings is 2. The number of carbonyl (C=O) groups is 1. The Morgan fingerprint density at radius 1 is 1.17 bits per heavy atom. The van der Waals surface area contributed by atoms with Crippen molar-refractivity contribution in [3.05, 3.63) is 64.2 Å². The molecule has 5 heteroatoms. The maximum Gasteiger partial charge on any atom is 0.277 e. The fourth-order valence-corrected chi connectivity index (χ4v) is 2.36. The van der Waals surface area contributed by atoms with Gasteiger partial charge in [0, 0.05) is 10.6 Å². The maximum atomic E-state index is 11.8. The summed E-state index contributed by atoms with van der Waals surface area (Å²) in [6, 6.07) is 13.1. The number of nitrogens with zero attached hydrogens (tertiary/aromatic N) is 1. The van der Waals surface area contributed by atoms with Gasteiger partial charge in [-0.05, 0) is 50.1 Å². The summed E-state index contributed by atoms with van der Waals surface area (Å²) in [7, 11) is 0. The molecule has 1 amide bonds. The fraction of sp³-hybridized carbons (Fsp3) is 0.222. The Morgan fingerprint density at radius 2 is 1.91 bits per heavy atom. The Balaban J connectivity index is 1.92. The van der Waals surface area contributed by atoms with Crippen LogP contribution in [0.3, 0.4) is 0 Å². The molecule has 0 saturated carbocycles. The van der Waals surface area contributed by atoms with E-state index in [4.69, 9.17) is 16.3 Å². The van der Waals surface area contributed by atoms with Gasteiger partial charge >= 0.3 is 0 Å². The lowest BCUT2D eigenvalue weighted by Gasteiger charge is -2.09. The van der Waals surface area contributed by atoms with Crippen LogP contribution in [0.25, 0.3) is 0 Å². The van der Waals surface area contributed by atoms with Gasteiger partial charge in [-0.25, -0.2) is 5.43 Å². The predicted octanol–water partition coefficient (Wildman–Crippen LogP) is 3.88. The summed E-state index contributed by atoms with van der Waals surface area (Å²) < 4.78 is 5.48. The number of aryl methyl sites for hydroxylation is 2. The van der Waals surface area contributed by atoms with Crippen molar-refractivity contribution in [3.63, 3.8) is 0 Å². The molecule has 2 rings (SSSR count). The van der Waals surface area contributed by atoms with Gasteiger partial charge in [-0.15, -0.1) is 0 Å². The first-order chi connectivity index (χ1) is 11.0. The number of rotatable bonds is 5. The highest BCUT2D eigenvalue weighted by Gasteiger charge is 2.06. The van der Waals surface area contributed by atoms with Crippen LogP contribution in [-0.2, 0) is 4.79 Å². The first-order valence-electron chi connectivity index (χ1n) is 7.25. The quantitative estimate of drug-likeness (QED) is 0.668. The molecule has 23 heavy (non-hydrogen) atoms. The highest BCUT2D eigenvalue weighted by Crippen LogP contribution is 2.21. The molecule has 120 valence electrons. The molecule has 0 heterocycles. The molecule has 0 unspecified atom stereocenters. The second-order valence-corrected chi connectivity index (χ2v) is 5.68. The Hall–Kier alpha value is -2.33. The molecule has 2 aromatic rings. The van der Waals surface area contributed by atoms with E-state index in [1.54, 1.807) is 18.2 Å². The van der Waals surface area contributed by atoms with Crippen LogP contribution in [0.2, 0.25) is 5.02 Å². The lowest BCUT2D eigenvalue weighted by atomic mass is 10.1. The van der Waals surface area contributed by atoms with E-state index >= 15 is 0 Å². The van der Waals surface area contributed by atoms with Crippen LogP contribution in [-0.4, -0.2) is 18.2 Å². The summed E-state index contributed by atoms with van der Waals surface area (Å²) >= 11 is 5.88. The van der Waals surface area contributed by atoms with Crippen molar-refractivity contribution >= 4 is 23.2 Å². The average molecular weight is 331 g/mol. The summed E-state index contributed by atoms with van der Waals surface area (Å²) in [5.74, 6) is 0.316. The van der Waals surface area contributed by atoms with Gasteiger partial charge in [0.05, 0.1) is 5.71 Å². The number of halogens is 1. The molecule has 0 spiro atoms. The zero-order valence-electron chi connectivity index (χ0n) is 13.4. The standard InChI is InChI=1S/C18H19ClN2O2/c1-12-6-4-5-7-16(12)14(3)20-21-18(22)11-23-17-9-8-15(19)10-13(17)2/h4-10H,11H2,1-3H3,(H,21,22)/b20-14+. The van der Waals surface area contributed by atoms with E-state index in [-0.39, 0.29) is 12.5 Å². The topological polar surface area (TPSA) is 50.7 Å². The predicted molar refractivity (Wildman–Crippen MR) is 93.2 cm³/mol. The van der Waals surface area contributed by atoms with Crippen LogP contribution in [0.1, 0.15) is 23.6 Å². The van der Waals surface area contributed by atoms with Crippen LogP contribution < -0.4 is 10.2 Å². The van der Waals surface area contributed by atoms with Crippen LogP contribution >= 0.6 is 11.6 Å². The second kappa shape index (κ2) is 7.79. The lowest BCUT2D eigenvalue weighted by molar-refractivity contribution is -0.123. The van der Waals surface area contributed by atoms with E-state index in [9.17, 15) is 4.79 Å². The third-order valence-electron chi connectivity index (χ3n) is 3.38. The Kier molecular flexibility index (Phi) is 5.77.